The van der Waals surface area contributed by atoms with E-state index in [1.807, 2.05) is 0 Å². The second kappa shape index (κ2) is 11.7. The molecule has 1 aromatic heterocycles. The van der Waals surface area contributed by atoms with E-state index < -0.39 is 0 Å². The van der Waals surface area contributed by atoms with E-state index >= 15 is 0 Å². The monoisotopic (exact) mass is 490 g/mol. The van der Waals surface area contributed by atoms with Gasteiger partial charge in [-0.2, -0.15) is 0 Å². The van der Waals surface area contributed by atoms with Gasteiger partial charge in [-0.05, 0) is 97.3 Å². The van der Waals surface area contributed by atoms with Crippen LogP contribution in [-0.4, -0.2) is 24.2 Å². The van der Waals surface area contributed by atoms with Crippen molar-refractivity contribution in [3.8, 4) is 22.3 Å². The third kappa shape index (κ3) is 5.47. The fraction of sp³-hybridized carbons (Fsp3) is 0.273. The van der Waals surface area contributed by atoms with Gasteiger partial charge in [0.2, 0.25) is 0 Å². The lowest BCUT2D eigenvalue weighted by Crippen LogP contribution is -2.05. The standard InChI is InChI=1S/C33H38N4/c34-16-3-8-24-6-1-10-26(20-24)28-12-14-30-31-15-13-29(27-11-2-7-25(21-27)9-4-17-35)23-33(31)37(19-5-18-36)32(30)22-28/h1-2,6-7,10-15,20-23H,3-5,8-9,16-19,34-36H2. The quantitative estimate of drug-likeness (QED) is 0.204. The highest BCUT2D eigenvalue weighted by atomic mass is 15.0. The topological polar surface area (TPSA) is 83.0 Å². The molecule has 5 rings (SSSR count). The zero-order valence-electron chi connectivity index (χ0n) is 21.6. The van der Waals surface area contributed by atoms with E-state index in [1.54, 1.807) is 0 Å². The fourth-order valence-electron chi connectivity index (χ4n) is 5.37. The summed E-state index contributed by atoms with van der Waals surface area (Å²) in [5.74, 6) is 0. The number of aryl methyl sites for hydroxylation is 3. The Bertz CT molecular complexity index is 1390. The van der Waals surface area contributed by atoms with Gasteiger partial charge in [-0.15, -0.1) is 0 Å². The molecule has 0 radical (unpaired) electrons. The van der Waals surface area contributed by atoms with Crippen LogP contribution in [0.1, 0.15) is 30.4 Å². The maximum absolute atomic E-state index is 5.96. The maximum Gasteiger partial charge on any atom is 0.0497 e. The van der Waals surface area contributed by atoms with Gasteiger partial charge in [0, 0.05) is 28.4 Å². The molecular weight excluding hydrogens is 452 g/mol. The Hall–Kier alpha value is -3.44. The van der Waals surface area contributed by atoms with E-state index in [2.05, 4.69) is 89.5 Å². The van der Waals surface area contributed by atoms with Crippen LogP contribution in [0, 0.1) is 0 Å². The molecule has 0 aliphatic heterocycles. The maximum atomic E-state index is 5.96. The van der Waals surface area contributed by atoms with Gasteiger partial charge in [0.25, 0.3) is 0 Å². The van der Waals surface area contributed by atoms with E-state index in [0.717, 1.165) is 51.7 Å². The van der Waals surface area contributed by atoms with Gasteiger partial charge in [-0.3, -0.25) is 0 Å². The molecule has 0 saturated carbocycles. The first-order valence-electron chi connectivity index (χ1n) is 13.6. The first-order valence-corrected chi connectivity index (χ1v) is 13.6. The summed E-state index contributed by atoms with van der Waals surface area (Å²) in [5.41, 5.74) is 27.6. The molecule has 0 amide bonds. The SMILES string of the molecule is NCCCc1cccc(-c2ccc3c4ccc(-c5cccc(CCCN)c5)cc4n(CCCN)c3c2)c1. The summed E-state index contributed by atoms with van der Waals surface area (Å²) in [6.45, 7) is 3.01. The first-order chi connectivity index (χ1) is 18.2. The summed E-state index contributed by atoms with van der Waals surface area (Å²) in [6.07, 6.45) is 4.98. The zero-order valence-corrected chi connectivity index (χ0v) is 21.6. The summed E-state index contributed by atoms with van der Waals surface area (Å²) < 4.78 is 2.46. The molecule has 1 heterocycles. The number of aromatic nitrogens is 1. The van der Waals surface area contributed by atoms with E-state index in [9.17, 15) is 0 Å². The molecule has 4 aromatic carbocycles. The van der Waals surface area contributed by atoms with Crippen molar-refractivity contribution in [1.29, 1.82) is 0 Å². The van der Waals surface area contributed by atoms with Gasteiger partial charge in [-0.1, -0.05) is 72.8 Å². The van der Waals surface area contributed by atoms with Crippen molar-refractivity contribution >= 4 is 21.8 Å². The predicted molar refractivity (Wildman–Crippen MR) is 159 cm³/mol. The minimum atomic E-state index is 0.674. The minimum Gasteiger partial charge on any atom is -0.340 e. The van der Waals surface area contributed by atoms with Crippen LogP contribution >= 0.6 is 0 Å². The number of fused-ring (bicyclic) bond motifs is 3. The average Bonchev–Trinajstić information content (AvgIpc) is 3.26. The highest BCUT2D eigenvalue weighted by Crippen LogP contribution is 2.35. The lowest BCUT2D eigenvalue weighted by molar-refractivity contribution is 0.687. The molecule has 0 unspecified atom stereocenters. The van der Waals surface area contributed by atoms with E-state index in [1.165, 1.54) is 55.2 Å². The number of benzene rings is 4. The molecular formula is C33H38N4. The summed E-state index contributed by atoms with van der Waals surface area (Å²) in [5, 5.41) is 2.58. The van der Waals surface area contributed by atoms with Gasteiger partial charge in [0.15, 0.2) is 0 Å². The Morgan fingerprint density at radius 3 is 1.41 bits per heavy atom. The summed E-state index contributed by atoms with van der Waals surface area (Å²) in [7, 11) is 0. The summed E-state index contributed by atoms with van der Waals surface area (Å²) in [6, 6.07) is 31.5. The first kappa shape index (κ1) is 25.2. The molecule has 190 valence electrons. The van der Waals surface area contributed by atoms with Crippen LogP contribution in [0.5, 0.6) is 0 Å². The Labute approximate surface area is 220 Å². The summed E-state index contributed by atoms with van der Waals surface area (Å²) >= 11 is 0. The van der Waals surface area contributed by atoms with Crippen molar-refractivity contribution in [2.75, 3.05) is 19.6 Å². The number of rotatable bonds is 11. The van der Waals surface area contributed by atoms with Crippen molar-refractivity contribution in [3.05, 3.63) is 96.1 Å². The molecule has 0 aliphatic carbocycles. The molecule has 0 spiro atoms. The lowest BCUT2D eigenvalue weighted by Gasteiger charge is -2.10. The molecule has 4 nitrogen and oxygen atoms in total. The molecule has 0 fully saturated rings. The summed E-state index contributed by atoms with van der Waals surface area (Å²) in [4.78, 5) is 0. The van der Waals surface area contributed by atoms with Crippen LogP contribution in [0.3, 0.4) is 0 Å². The van der Waals surface area contributed by atoms with E-state index in [-0.39, 0.29) is 0 Å². The van der Waals surface area contributed by atoms with Gasteiger partial charge in [0.05, 0.1) is 0 Å². The number of hydrogen-bond donors (Lipinski definition) is 3. The Morgan fingerprint density at radius 2 is 0.946 bits per heavy atom. The van der Waals surface area contributed by atoms with Crippen molar-refractivity contribution in [2.24, 2.45) is 17.2 Å². The predicted octanol–water partition coefficient (Wildman–Crippen LogP) is 6.26. The van der Waals surface area contributed by atoms with Crippen LogP contribution < -0.4 is 17.2 Å². The Balaban J connectivity index is 1.60. The van der Waals surface area contributed by atoms with Gasteiger partial charge < -0.3 is 21.8 Å². The van der Waals surface area contributed by atoms with Gasteiger partial charge in [-0.25, -0.2) is 0 Å². The van der Waals surface area contributed by atoms with Crippen molar-refractivity contribution in [1.82, 2.24) is 4.57 Å². The van der Waals surface area contributed by atoms with Crippen LogP contribution in [-0.2, 0) is 19.4 Å². The van der Waals surface area contributed by atoms with E-state index in [4.69, 9.17) is 17.2 Å². The Kier molecular flexibility index (Phi) is 8.00. The average molecular weight is 491 g/mol. The van der Waals surface area contributed by atoms with Crippen molar-refractivity contribution < 1.29 is 0 Å². The minimum absolute atomic E-state index is 0.674. The van der Waals surface area contributed by atoms with Crippen molar-refractivity contribution in [2.45, 2.75) is 38.6 Å². The van der Waals surface area contributed by atoms with Gasteiger partial charge in [0.1, 0.15) is 0 Å². The highest BCUT2D eigenvalue weighted by Gasteiger charge is 2.13. The molecule has 0 saturated heterocycles. The second-order valence-electron chi connectivity index (χ2n) is 9.94. The van der Waals surface area contributed by atoms with Crippen molar-refractivity contribution in [3.63, 3.8) is 0 Å². The number of nitrogens with two attached hydrogens (primary N) is 3. The Morgan fingerprint density at radius 1 is 0.486 bits per heavy atom. The van der Waals surface area contributed by atoms with Crippen LogP contribution in [0.15, 0.2) is 84.9 Å². The molecule has 4 heteroatoms. The highest BCUT2D eigenvalue weighted by molar-refractivity contribution is 6.10. The fourth-order valence-corrected chi connectivity index (χ4v) is 5.37. The van der Waals surface area contributed by atoms with Crippen LogP contribution in [0.25, 0.3) is 44.1 Å². The number of nitrogens with zero attached hydrogens (tertiary/aromatic N) is 1. The van der Waals surface area contributed by atoms with Gasteiger partial charge >= 0.3 is 0 Å². The number of hydrogen-bond acceptors (Lipinski definition) is 3. The van der Waals surface area contributed by atoms with Crippen LogP contribution in [0.2, 0.25) is 0 Å². The largest absolute Gasteiger partial charge is 0.340 e. The third-order valence-corrected chi connectivity index (χ3v) is 7.31. The smallest absolute Gasteiger partial charge is 0.0497 e. The van der Waals surface area contributed by atoms with E-state index in [0.29, 0.717) is 6.54 Å². The normalized spacial score (nSPS) is 11.5. The molecule has 6 N–H and O–H groups in total. The zero-order chi connectivity index (χ0) is 25.6. The lowest BCUT2D eigenvalue weighted by atomic mass is 9.98. The molecule has 0 bridgehead atoms. The molecule has 37 heavy (non-hydrogen) atoms. The molecule has 5 aromatic rings. The van der Waals surface area contributed by atoms with Crippen LogP contribution in [0.4, 0.5) is 0 Å². The second-order valence-corrected chi connectivity index (χ2v) is 9.94. The third-order valence-electron chi connectivity index (χ3n) is 7.31. The molecule has 0 aliphatic rings. The molecule has 0 atom stereocenters.